The number of fused-ring (bicyclic) bond motifs is 1. The van der Waals surface area contributed by atoms with Gasteiger partial charge in [-0.25, -0.2) is 4.79 Å². The summed E-state index contributed by atoms with van der Waals surface area (Å²) in [6.45, 7) is 5.51. The molecule has 7 nitrogen and oxygen atoms in total. The van der Waals surface area contributed by atoms with Gasteiger partial charge in [0, 0.05) is 68.4 Å². The Labute approximate surface area is 216 Å². The number of aromatic hydroxyl groups is 1. The van der Waals surface area contributed by atoms with Gasteiger partial charge >= 0.3 is 5.63 Å². The molecule has 0 aliphatic heterocycles. The van der Waals surface area contributed by atoms with Gasteiger partial charge in [0.1, 0.15) is 11.3 Å². The van der Waals surface area contributed by atoms with E-state index in [2.05, 4.69) is 22.9 Å². The quantitative estimate of drug-likeness (QED) is 0.352. The summed E-state index contributed by atoms with van der Waals surface area (Å²) >= 11 is 0. The SMILES string of the molecule is CCN(C)Cc1c(Cc2cccc(N)c2C)c(=O)oc2cc(O)ccc12.CN.C[N-]C.[Y]. The van der Waals surface area contributed by atoms with Gasteiger partial charge in [-0.2, -0.15) is 14.1 Å². The minimum absolute atomic E-state index is 0. The molecule has 3 rings (SSSR count). The fourth-order valence-corrected chi connectivity index (χ4v) is 3.12. The predicted molar refractivity (Wildman–Crippen MR) is 130 cm³/mol. The molecule has 0 bridgehead atoms. The maximum atomic E-state index is 12.7. The zero-order valence-corrected chi connectivity index (χ0v) is 22.8. The van der Waals surface area contributed by atoms with E-state index in [1.54, 1.807) is 20.2 Å². The van der Waals surface area contributed by atoms with Gasteiger partial charge in [-0.05, 0) is 62.5 Å². The summed E-state index contributed by atoms with van der Waals surface area (Å²) in [5.74, 6) is 0.0786. The summed E-state index contributed by atoms with van der Waals surface area (Å²) in [4.78, 5) is 14.9. The number of hydrogen-bond acceptors (Lipinski definition) is 6. The monoisotopic (exact) mass is 516 g/mol. The van der Waals surface area contributed by atoms with Gasteiger partial charge in [0.15, 0.2) is 0 Å². The summed E-state index contributed by atoms with van der Waals surface area (Å²) in [5.41, 5.74) is 14.8. The van der Waals surface area contributed by atoms with Crippen molar-refractivity contribution in [1.29, 1.82) is 0 Å². The van der Waals surface area contributed by atoms with Crippen molar-refractivity contribution in [2.24, 2.45) is 5.73 Å². The van der Waals surface area contributed by atoms with Gasteiger partial charge in [0.2, 0.25) is 0 Å². The molecule has 0 saturated heterocycles. The van der Waals surface area contributed by atoms with Crippen molar-refractivity contribution in [3.8, 4) is 5.75 Å². The Bertz CT molecular complexity index is 1040. The molecular formula is C24H35N4O3Y-. The van der Waals surface area contributed by atoms with E-state index in [4.69, 9.17) is 10.2 Å². The summed E-state index contributed by atoms with van der Waals surface area (Å²) in [6.07, 6.45) is 0.461. The van der Waals surface area contributed by atoms with Crippen molar-refractivity contribution < 1.29 is 42.2 Å². The fraction of sp³-hybridized carbons (Fsp3) is 0.375. The Balaban J connectivity index is 0.00000148. The van der Waals surface area contributed by atoms with Crippen LogP contribution < -0.4 is 17.1 Å². The van der Waals surface area contributed by atoms with Gasteiger partial charge in [0.05, 0.1) is 0 Å². The Morgan fingerprint density at radius 1 is 1.12 bits per heavy atom. The normalized spacial score (nSPS) is 10.0. The zero-order valence-electron chi connectivity index (χ0n) is 20.0. The Hall–Kier alpha value is -1.77. The average Bonchev–Trinajstić information content (AvgIpc) is 2.75. The molecular weight excluding hydrogens is 481 g/mol. The first kappa shape index (κ1) is 30.2. The Kier molecular flexibility index (Phi) is 14.3. The summed E-state index contributed by atoms with van der Waals surface area (Å²) in [6, 6.07) is 10.7. The number of nitrogens with zero attached hydrogens (tertiary/aromatic N) is 2. The van der Waals surface area contributed by atoms with Crippen molar-refractivity contribution in [3.05, 3.63) is 74.4 Å². The molecule has 1 heterocycles. The van der Waals surface area contributed by atoms with Crippen LogP contribution in [0.2, 0.25) is 0 Å². The van der Waals surface area contributed by atoms with E-state index < -0.39 is 0 Å². The number of nitrogens with two attached hydrogens (primary N) is 2. The molecule has 0 spiro atoms. The first-order chi connectivity index (χ1) is 14.8. The van der Waals surface area contributed by atoms with E-state index in [1.807, 2.05) is 38.2 Å². The molecule has 0 unspecified atom stereocenters. The van der Waals surface area contributed by atoms with Crippen LogP contribution >= 0.6 is 0 Å². The molecule has 0 saturated carbocycles. The molecule has 173 valence electrons. The Morgan fingerprint density at radius 2 is 1.75 bits per heavy atom. The molecule has 0 amide bonds. The zero-order chi connectivity index (χ0) is 23.6. The van der Waals surface area contributed by atoms with Crippen molar-refractivity contribution >= 4 is 16.7 Å². The van der Waals surface area contributed by atoms with Crippen LogP contribution in [0.5, 0.6) is 5.75 Å². The number of rotatable bonds is 5. The summed E-state index contributed by atoms with van der Waals surface area (Å²) in [5, 5.41) is 14.1. The molecule has 5 N–H and O–H groups in total. The minimum atomic E-state index is -0.371. The summed E-state index contributed by atoms with van der Waals surface area (Å²) in [7, 11) is 7.01. The standard InChI is InChI=1S/C21H24N2O3.C2H6N.CH5N.Y/c1-4-23(3)12-18-16-9-8-15(24)11-20(16)26-21(25)17(18)10-14-6-5-7-19(22)13(14)2;1-3-2;1-2;/h5-9,11,24H,4,10,12,22H2,1-3H3;1-2H3;2H2,1H3;/q;-1;;. The van der Waals surface area contributed by atoms with Crippen molar-refractivity contribution in [1.82, 2.24) is 4.90 Å². The molecule has 1 aromatic heterocycles. The van der Waals surface area contributed by atoms with E-state index in [0.29, 0.717) is 29.8 Å². The van der Waals surface area contributed by atoms with Crippen LogP contribution in [-0.2, 0) is 45.7 Å². The number of phenols is 1. The van der Waals surface area contributed by atoms with Crippen LogP contribution in [-0.4, -0.2) is 44.7 Å². The van der Waals surface area contributed by atoms with E-state index in [0.717, 1.165) is 28.6 Å². The number of phenolic OH excluding ortho intramolecular Hbond substituents is 1. The second-order valence-corrected chi connectivity index (χ2v) is 7.11. The molecule has 8 heteroatoms. The Morgan fingerprint density at radius 3 is 2.34 bits per heavy atom. The second-order valence-electron chi connectivity index (χ2n) is 7.11. The van der Waals surface area contributed by atoms with Crippen molar-refractivity contribution in [2.45, 2.75) is 26.8 Å². The third-order valence-electron chi connectivity index (χ3n) is 4.93. The van der Waals surface area contributed by atoms with E-state index >= 15 is 0 Å². The van der Waals surface area contributed by atoms with Gasteiger partial charge in [-0.3, -0.25) is 0 Å². The maximum absolute atomic E-state index is 12.7. The molecule has 1 radical (unpaired) electrons. The molecule has 32 heavy (non-hydrogen) atoms. The van der Waals surface area contributed by atoms with Crippen molar-refractivity contribution in [3.63, 3.8) is 0 Å². The number of anilines is 1. The third-order valence-corrected chi connectivity index (χ3v) is 4.93. The van der Waals surface area contributed by atoms with E-state index in [9.17, 15) is 9.90 Å². The van der Waals surface area contributed by atoms with Crippen molar-refractivity contribution in [2.75, 3.05) is 40.5 Å². The van der Waals surface area contributed by atoms with Crippen LogP contribution in [0, 0.1) is 6.92 Å². The van der Waals surface area contributed by atoms with E-state index in [-0.39, 0.29) is 44.1 Å². The van der Waals surface area contributed by atoms with Gasteiger partial charge in [-0.15, -0.1) is 0 Å². The largest absolute Gasteiger partial charge is 0.668 e. The summed E-state index contributed by atoms with van der Waals surface area (Å²) < 4.78 is 5.51. The average molecular weight is 516 g/mol. The van der Waals surface area contributed by atoms with Gasteiger partial charge < -0.3 is 31.2 Å². The molecule has 0 aliphatic carbocycles. The van der Waals surface area contributed by atoms with Crippen LogP contribution in [0.15, 0.2) is 45.6 Å². The number of nitrogen functional groups attached to an aromatic ring is 1. The second kappa shape index (κ2) is 15.1. The van der Waals surface area contributed by atoms with Crippen LogP contribution in [0.3, 0.4) is 0 Å². The van der Waals surface area contributed by atoms with Gasteiger partial charge in [-0.1, -0.05) is 19.1 Å². The first-order valence-electron chi connectivity index (χ1n) is 10.2. The number of benzene rings is 2. The first-order valence-corrected chi connectivity index (χ1v) is 10.2. The molecule has 0 atom stereocenters. The van der Waals surface area contributed by atoms with E-state index in [1.165, 1.54) is 13.1 Å². The molecule has 2 aromatic carbocycles. The topological polar surface area (TPSA) is 120 Å². The van der Waals surface area contributed by atoms with Gasteiger partial charge in [0.25, 0.3) is 0 Å². The molecule has 0 aliphatic rings. The van der Waals surface area contributed by atoms with Crippen LogP contribution in [0.1, 0.15) is 29.2 Å². The minimum Gasteiger partial charge on any atom is -0.668 e. The predicted octanol–water partition coefficient (Wildman–Crippen LogP) is 3.62. The third kappa shape index (κ3) is 7.98. The maximum Gasteiger partial charge on any atom is 0.340 e. The molecule has 0 fully saturated rings. The molecule has 3 aromatic rings. The number of hydrogen-bond donors (Lipinski definition) is 3. The van der Waals surface area contributed by atoms with Crippen LogP contribution in [0.4, 0.5) is 5.69 Å². The smallest absolute Gasteiger partial charge is 0.340 e. The fourth-order valence-electron chi connectivity index (χ4n) is 3.12. The van der Waals surface area contributed by atoms with Crippen LogP contribution in [0.25, 0.3) is 16.3 Å².